The van der Waals surface area contributed by atoms with E-state index in [9.17, 15) is 17.6 Å². The summed E-state index contributed by atoms with van der Waals surface area (Å²) < 4.78 is 55.2. The second-order valence-corrected chi connectivity index (χ2v) is 8.79. The molecule has 4 atom stereocenters. The van der Waals surface area contributed by atoms with Gasteiger partial charge in [0.1, 0.15) is 6.17 Å². The van der Waals surface area contributed by atoms with Gasteiger partial charge < -0.3 is 0 Å². The van der Waals surface area contributed by atoms with Crippen molar-refractivity contribution in [3.05, 3.63) is 17.6 Å². The molecule has 1 nitrogen and oxygen atoms in total. The molecule has 0 spiro atoms. The van der Waals surface area contributed by atoms with E-state index in [1.165, 1.54) is 44.1 Å². The Kier molecular flexibility index (Phi) is 7.26. The second kappa shape index (κ2) is 9.28. The molecule has 4 unspecified atom stereocenters. The van der Waals surface area contributed by atoms with Crippen LogP contribution >= 0.6 is 0 Å². The summed E-state index contributed by atoms with van der Waals surface area (Å²) in [6.45, 7) is 2.26. The number of alkyl halides is 4. The monoisotopic (exact) mass is 389 g/mol. The molecule has 0 heterocycles. The fourth-order valence-electron chi connectivity index (χ4n) is 5.50. The molecule has 0 bridgehead atoms. The molecule has 27 heavy (non-hydrogen) atoms. The molecule has 0 amide bonds. The fourth-order valence-corrected chi connectivity index (χ4v) is 5.50. The lowest BCUT2D eigenvalue weighted by Gasteiger charge is -2.38. The van der Waals surface area contributed by atoms with Crippen molar-refractivity contribution in [1.29, 1.82) is 0 Å². The van der Waals surface area contributed by atoms with Crippen LogP contribution in [-0.2, 0) is 4.74 Å². The van der Waals surface area contributed by atoms with Crippen molar-refractivity contribution in [2.24, 2.45) is 17.8 Å². The summed E-state index contributed by atoms with van der Waals surface area (Å²) in [5, 5.41) is 0. The molecule has 0 aromatic rings. The van der Waals surface area contributed by atoms with Crippen LogP contribution < -0.4 is 0 Å². The van der Waals surface area contributed by atoms with Gasteiger partial charge in [-0.2, -0.15) is 0 Å². The van der Waals surface area contributed by atoms with E-state index in [2.05, 4.69) is 17.7 Å². The highest BCUT2D eigenvalue weighted by atomic mass is 19.4. The lowest BCUT2D eigenvalue weighted by atomic mass is 9.69. The van der Waals surface area contributed by atoms with Crippen LogP contribution in [0.5, 0.6) is 0 Å². The van der Waals surface area contributed by atoms with E-state index < -0.39 is 18.6 Å². The molecule has 1 radical (unpaired) electrons. The molecule has 0 aromatic heterocycles. The Morgan fingerprint density at radius 1 is 1.00 bits per heavy atom. The van der Waals surface area contributed by atoms with E-state index in [0.717, 1.165) is 25.2 Å². The van der Waals surface area contributed by atoms with Gasteiger partial charge in [-0.3, -0.25) is 4.74 Å². The molecule has 2 saturated carbocycles. The van der Waals surface area contributed by atoms with Gasteiger partial charge >= 0.3 is 6.36 Å². The summed E-state index contributed by atoms with van der Waals surface area (Å²) in [5.74, 6) is 3.13. The minimum Gasteiger partial charge on any atom is -0.286 e. The van der Waals surface area contributed by atoms with Crippen molar-refractivity contribution in [2.75, 3.05) is 0 Å². The minimum atomic E-state index is -4.74. The molecule has 3 aliphatic rings. The van der Waals surface area contributed by atoms with Gasteiger partial charge in [0, 0.05) is 5.92 Å². The first-order chi connectivity index (χ1) is 12.9. The Labute approximate surface area is 160 Å². The molecule has 2 fully saturated rings. The number of hydrogen-bond donors (Lipinski definition) is 0. The van der Waals surface area contributed by atoms with E-state index in [-0.39, 0.29) is 18.8 Å². The van der Waals surface area contributed by atoms with E-state index in [1.54, 1.807) is 5.92 Å². The van der Waals surface area contributed by atoms with E-state index in [1.807, 2.05) is 0 Å². The Bertz CT molecular complexity index is 493. The van der Waals surface area contributed by atoms with Crippen LogP contribution in [-0.4, -0.2) is 18.6 Å². The first-order valence-corrected chi connectivity index (χ1v) is 10.8. The Hall–Kier alpha value is -0.580. The van der Waals surface area contributed by atoms with Gasteiger partial charge in [-0.15, -0.1) is 13.2 Å². The van der Waals surface area contributed by atoms with E-state index in [4.69, 9.17) is 0 Å². The van der Waals surface area contributed by atoms with Crippen LogP contribution in [0.25, 0.3) is 0 Å². The highest BCUT2D eigenvalue weighted by Crippen LogP contribution is 2.45. The molecule has 0 aliphatic heterocycles. The largest absolute Gasteiger partial charge is 0.522 e. The molecule has 3 aliphatic carbocycles. The van der Waals surface area contributed by atoms with Gasteiger partial charge in [-0.05, 0) is 82.0 Å². The number of allylic oxidation sites excluding steroid dienone is 2. The Balaban J connectivity index is 1.45. The molecule has 0 saturated heterocycles. The molecule has 5 heteroatoms. The number of rotatable bonds is 5. The predicted octanol–water partition coefficient (Wildman–Crippen LogP) is 7.32. The molecular weight excluding hydrogens is 356 g/mol. The zero-order valence-corrected chi connectivity index (χ0v) is 16.4. The molecule has 3 rings (SSSR count). The maximum absolute atomic E-state index is 14.2. The first-order valence-electron chi connectivity index (χ1n) is 10.8. The molecular formula is C22H33F4O. The van der Waals surface area contributed by atoms with Gasteiger partial charge in [0.05, 0.1) is 6.10 Å². The SMILES string of the molecule is CCCC1CC[C](C2=CCC(C3CCC(OC(F)(F)F)C(F)C3)CC2)CC1. The topological polar surface area (TPSA) is 9.23 Å². The van der Waals surface area contributed by atoms with Gasteiger partial charge in [0.25, 0.3) is 0 Å². The summed E-state index contributed by atoms with van der Waals surface area (Å²) >= 11 is 0. The van der Waals surface area contributed by atoms with Crippen LogP contribution in [0.15, 0.2) is 11.6 Å². The standard InChI is InChI=1S/C22H33F4O/c1-2-3-15-4-6-16(7-5-15)17-8-10-18(11-9-17)19-12-13-21(20(23)14-19)27-22(24,25)26/h8,15,18-21H,2-7,9-14H2,1H3. The van der Waals surface area contributed by atoms with Crippen molar-refractivity contribution in [3.63, 3.8) is 0 Å². The van der Waals surface area contributed by atoms with E-state index in [0.29, 0.717) is 12.3 Å². The molecule has 155 valence electrons. The summed E-state index contributed by atoms with van der Waals surface area (Å²) in [6, 6.07) is 0. The molecule has 0 N–H and O–H groups in total. The number of ether oxygens (including phenoxy) is 1. The molecule has 0 aromatic carbocycles. The maximum atomic E-state index is 14.2. The van der Waals surface area contributed by atoms with Crippen molar-refractivity contribution < 1.29 is 22.3 Å². The Morgan fingerprint density at radius 2 is 1.74 bits per heavy atom. The minimum absolute atomic E-state index is 0.175. The summed E-state index contributed by atoms with van der Waals surface area (Å²) in [6.07, 6.45) is 6.62. The van der Waals surface area contributed by atoms with Crippen molar-refractivity contribution in [2.45, 2.75) is 103 Å². The first kappa shape index (κ1) is 21.1. The van der Waals surface area contributed by atoms with Gasteiger partial charge in [0.15, 0.2) is 0 Å². The zero-order chi connectivity index (χ0) is 19.4. The van der Waals surface area contributed by atoms with Crippen molar-refractivity contribution in [3.8, 4) is 0 Å². The maximum Gasteiger partial charge on any atom is 0.522 e. The number of halogens is 4. The number of hydrogen-bond acceptors (Lipinski definition) is 1. The van der Waals surface area contributed by atoms with Crippen LogP contribution in [0.1, 0.15) is 84.0 Å². The van der Waals surface area contributed by atoms with Crippen LogP contribution in [0.3, 0.4) is 0 Å². The lowest BCUT2D eigenvalue weighted by molar-refractivity contribution is -0.352. The lowest BCUT2D eigenvalue weighted by Crippen LogP contribution is -2.39. The summed E-state index contributed by atoms with van der Waals surface area (Å²) in [7, 11) is 0. The van der Waals surface area contributed by atoms with E-state index >= 15 is 0 Å². The fraction of sp³-hybridized carbons (Fsp3) is 0.864. The van der Waals surface area contributed by atoms with Gasteiger partial charge in [-0.1, -0.05) is 31.4 Å². The quantitative estimate of drug-likeness (QED) is 0.448. The third-order valence-electron chi connectivity index (χ3n) is 7.02. The van der Waals surface area contributed by atoms with Gasteiger partial charge in [-0.25, -0.2) is 4.39 Å². The van der Waals surface area contributed by atoms with Crippen LogP contribution in [0.2, 0.25) is 0 Å². The third-order valence-corrected chi connectivity index (χ3v) is 7.02. The zero-order valence-electron chi connectivity index (χ0n) is 16.4. The highest BCUT2D eigenvalue weighted by molar-refractivity contribution is 5.27. The Morgan fingerprint density at radius 3 is 2.30 bits per heavy atom. The predicted molar refractivity (Wildman–Crippen MR) is 98.7 cm³/mol. The van der Waals surface area contributed by atoms with Crippen LogP contribution in [0, 0.1) is 23.7 Å². The van der Waals surface area contributed by atoms with Crippen molar-refractivity contribution >= 4 is 0 Å². The average molecular weight is 389 g/mol. The smallest absolute Gasteiger partial charge is 0.286 e. The third kappa shape index (κ3) is 5.95. The second-order valence-electron chi connectivity index (χ2n) is 8.79. The summed E-state index contributed by atoms with van der Waals surface area (Å²) in [5.41, 5.74) is 1.52. The summed E-state index contributed by atoms with van der Waals surface area (Å²) in [4.78, 5) is 0. The normalized spacial score (nSPS) is 34.5. The van der Waals surface area contributed by atoms with Gasteiger partial charge in [0.2, 0.25) is 0 Å². The van der Waals surface area contributed by atoms with Crippen LogP contribution in [0.4, 0.5) is 17.6 Å². The average Bonchev–Trinajstić information content (AvgIpc) is 2.63. The highest BCUT2D eigenvalue weighted by Gasteiger charge is 2.42. The van der Waals surface area contributed by atoms with Crippen molar-refractivity contribution in [1.82, 2.24) is 0 Å².